The third-order valence-electron chi connectivity index (χ3n) is 3.32. The molecule has 0 aliphatic carbocycles. The number of anilines is 1. The van der Waals surface area contributed by atoms with Crippen LogP contribution in [-0.2, 0) is 11.3 Å². The summed E-state index contributed by atoms with van der Waals surface area (Å²) < 4.78 is 0.759. The number of amides is 1. The van der Waals surface area contributed by atoms with Crippen molar-refractivity contribution in [2.45, 2.75) is 19.5 Å². The van der Waals surface area contributed by atoms with Crippen LogP contribution in [0.4, 0.5) is 5.69 Å². The molecule has 0 fully saturated rings. The van der Waals surface area contributed by atoms with E-state index in [-0.39, 0.29) is 11.9 Å². The number of rotatable bonds is 7. The molecule has 22 heavy (non-hydrogen) atoms. The Bertz CT molecular complexity index is 627. The minimum atomic E-state index is -0.265. The molecule has 1 aromatic heterocycles. The molecule has 2 aromatic rings. The topological polar surface area (TPSA) is 32.3 Å². The second kappa shape index (κ2) is 8.13. The number of benzene rings is 1. The molecular weight excluding hydrogens is 316 g/mol. The summed E-state index contributed by atoms with van der Waals surface area (Å²) in [5, 5.41) is 2.93. The normalized spacial score (nSPS) is 12.1. The van der Waals surface area contributed by atoms with E-state index >= 15 is 0 Å². The van der Waals surface area contributed by atoms with Crippen LogP contribution in [0.1, 0.15) is 11.8 Å². The van der Waals surface area contributed by atoms with E-state index in [1.165, 1.54) is 11.3 Å². The van der Waals surface area contributed by atoms with Crippen molar-refractivity contribution in [1.29, 1.82) is 0 Å². The molecule has 1 atom stereocenters. The Hall–Kier alpha value is -1.62. The summed E-state index contributed by atoms with van der Waals surface area (Å²) in [6.07, 6.45) is 1.81. The molecule has 1 N–H and O–H groups in total. The van der Waals surface area contributed by atoms with Crippen LogP contribution in [0.2, 0.25) is 4.34 Å². The summed E-state index contributed by atoms with van der Waals surface area (Å²) in [5.41, 5.74) is 0.803. The van der Waals surface area contributed by atoms with Crippen molar-refractivity contribution < 1.29 is 4.79 Å². The molecule has 0 bridgehead atoms. The maximum absolute atomic E-state index is 12.4. The Morgan fingerprint density at radius 2 is 2.09 bits per heavy atom. The number of thiophene rings is 1. The fraction of sp³-hybridized carbons (Fsp3) is 0.235. The van der Waals surface area contributed by atoms with Gasteiger partial charge in [-0.3, -0.25) is 9.69 Å². The van der Waals surface area contributed by atoms with E-state index in [2.05, 4.69) is 16.8 Å². The number of hydrogen-bond acceptors (Lipinski definition) is 3. The number of para-hydroxylation sites is 1. The number of nitrogens with one attached hydrogen (secondary N) is 1. The van der Waals surface area contributed by atoms with Crippen molar-refractivity contribution >= 4 is 34.5 Å². The third kappa shape index (κ3) is 4.70. The lowest BCUT2D eigenvalue weighted by atomic mass is 10.2. The summed E-state index contributed by atoms with van der Waals surface area (Å²) in [4.78, 5) is 15.6. The van der Waals surface area contributed by atoms with E-state index in [0.717, 1.165) is 14.9 Å². The Morgan fingerprint density at radius 1 is 1.36 bits per heavy atom. The molecule has 3 nitrogen and oxygen atoms in total. The number of carbonyl (C=O) groups excluding carboxylic acids is 1. The Labute approximate surface area is 140 Å². The van der Waals surface area contributed by atoms with E-state index in [1.54, 1.807) is 0 Å². The van der Waals surface area contributed by atoms with Gasteiger partial charge in [0.15, 0.2) is 0 Å². The summed E-state index contributed by atoms with van der Waals surface area (Å²) in [5.74, 6) is -0.0318. The molecule has 1 aromatic carbocycles. The fourth-order valence-corrected chi connectivity index (χ4v) is 3.21. The standard InChI is InChI=1S/C17H19ClN2OS/c1-3-11-20(12-15-9-10-16(18)22-15)13(2)17(21)19-14-7-5-4-6-8-14/h3-10,13H,1,11-12H2,2H3,(H,19,21)/t13-/m1/s1. The van der Waals surface area contributed by atoms with Gasteiger partial charge in [0, 0.05) is 23.7 Å². The molecule has 0 spiro atoms. The SMILES string of the molecule is C=CCN(Cc1ccc(Cl)s1)[C@H](C)C(=O)Nc1ccccc1. The smallest absolute Gasteiger partial charge is 0.241 e. The highest BCUT2D eigenvalue weighted by atomic mass is 35.5. The first-order valence-corrected chi connectivity index (χ1v) is 8.24. The van der Waals surface area contributed by atoms with Gasteiger partial charge in [0.2, 0.25) is 5.91 Å². The second-order valence-electron chi connectivity index (χ2n) is 4.96. The van der Waals surface area contributed by atoms with Crippen LogP contribution < -0.4 is 5.32 Å². The maximum atomic E-state index is 12.4. The molecule has 0 saturated heterocycles. The minimum absolute atomic E-state index is 0.0318. The number of nitrogens with zero attached hydrogens (tertiary/aromatic N) is 1. The first kappa shape index (κ1) is 16.7. The molecule has 1 heterocycles. The first-order chi connectivity index (χ1) is 10.6. The predicted octanol–water partition coefficient (Wildman–Crippen LogP) is 4.42. The quantitative estimate of drug-likeness (QED) is 0.760. The van der Waals surface area contributed by atoms with Crippen LogP contribution >= 0.6 is 22.9 Å². The molecule has 1 amide bonds. The van der Waals surface area contributed by atoms with Crippen LogP contribution in [-0.4, -0.2) is 23.4 Å². The summed E-state index contributed by atoms with van der Waals surface area (Å²) in [6.45, 7) is 6.99. The molecule has 0 unspecified atom stereocenters. The van der Waals surface area contributed by atoms with Crippen molar-refractivity contribution in [1.82, 2.24) is 4.90 Å². The summed E-state index contributed by atoms with van der Waals surface area (Å²) in [7, 11) is 0. The minimum Gasteiger partial charge on any atom is -0.325 e. The summed E-state index contributed by atoms with van der Waals surface area (Å²) in [6, 6.07) is 13.1. The van der Waals surface area contributed by atoms with Gasteiger partial charge in [-0.05, 0) is 31.2 Å². The maximum Gasteiger partial charge on any atom is 0.241 e. The molecule has 0 aliphatic heterocycles. The van der Waals surface area contributed by atoms with Gasteiger partial charge in [-0.15, -0.1) is 17.9 Å². The van der Waals surface area contributed by atoms with Gasteiger partial charge < -0.3 is 5.32 Å². The average molecular weight is 335 g/mol. The number of halogens is 1. The zero-order chi connectivity index (χ0) is 15.9. The molecule has 5 heteroatoms. The molecule has 0 aliphatic rings. The van der Waals surface area contributed by atoms with E-state index < -0.39 is 0 Å². The van der Waals surface area contributed by atoms with Gasteiger partial charge >= 0.3 is 0 Å². The highest BCUT2D eigenvalue weighted by Gasteiger charge is 2.21. The van der Waals surface area contributed by atoms with E-state index in [9.17, 15) is 4.79 Å². The van der Waals surface area contributed by atoms with Crippen LogP contribution in [0.5, 0.6) is 0 Å². The number of hydrogen-bond donors (Lipinski definition) is 1. The Morgan fingerprint density at radius 3 is 2.68 bits per heavy atom. The van der Waals surface area contributed by atoms with Crippen LogP contribution in [0.15, 0.2) is 55.1 Å². The molecule has 0 saturated carbocycles. The molecule has 116 valence electrons. The van der Waals surface area contributed by atoms with Gasteiger partial charge in [0.25, 0.3) is 0 Å². The van der Waals surface area contributed by atoms with Crippen LogP contribution in [0.25, 0.3) is 0 Å². The average Bonchev–Trinajstić information content (AvgIpc) is 2.92. The van der Waals surface area contributed by atoms with E-state index in [1.807, 2.05) is 55.5 Å². The van der Waals surface area contributed by atoms with Gasteiger partial charge in [-0.25, -0.2) is 0 Å². The second-order valence-corrected chi connectivity index (χ2v) is 6.75. The third-order valence-corrected chi connectivity index (χ3v) is 4.54. The largest absolute Gasteiger partial charge is 0.325 e. The van der Waals surface area contributed by atoms with Crippen LogP contribution in [0.3, 0.4) is 0 Å². The highest BCUT2D eigenvalue weighted by molar-refractivity contribution is 7.16. The Balaban J connectivity index is 2.03. The lowest BCUT2D eigenvalue weighted by Crippen LogP contribution is -2.41. The summed E-state index contributed by atoms with van der Waals surface area (Å²) >= 11 is 7.50. The van der Waals surface area contributed by atoms with Crippen molar-refractivity contribution in [3.63, 3.8) is 0 Å². The van der Waals surface area contributed by atoms with Crippen molar-refractivity contribution in [2.24, 2.45) is 0 Å². The lowest BCUT2D eigenvalue weighted by Gasteiger charge is -2.26. The molecular formula is C17H19ClN2OS. The van der Waals surface area contributed by atoms with Crippen molar-refractivity contribution in [3.8, 4) is 0 Å². The lowest BCUT2D eigenvalue weighted by molar-refractivity contribution is -0.120. The Kier molecular flexibility index (Phi) is 6.19. The highest BCUT2D eigenvalue weighted by Crippen LogP contribution is 2.23. The molecule has 0 radical (unpaired) electrons. The first-order valence-electron chi connectivity index (χ1n) is 7.05. The van der Waals surface area contributed by atoms with E-state index in [0.29, 0.717) is 13.1 Å². The van der Waals surface area contributed by atoms with Gasteiger partial charge in [-0.2, -0.15) is 0 Å². The zero-order valence-corrected chi connectivity index (χ0v) is 14.0. The zero-order valence-electron chi connectivity index (χ0n) is 12.5. The van der Waals surface area contributed by atoms with Gasteiger partial charge in [0.05, 0.1) is 10.4 Å². The van der Waals surface area contributed by atoms with Gasteiger partial charge in [-0.1, -0.05) is 35.9 Å². The van der Waals surface area contributed by atoms with Gasteiger partial charge in [0.1, 0.15) is 0 Å². The van der Waals surface area contributed by atoms with Crippen molar-refractivity contribution in [2.75, 3.05) is 11.9 Å². The fourth-order valence-electron chi connectivity index (χ4n) is 2.10. The van der Waals surface area contributed by atoms with Crippen molar-refractivity contribution in [3.05, 3.63) is 64.3 Å². The number of carbonyl (C=O) groups is 1. The van der Waals surface area contributed by atoms with E-state index in [4.69, 9.17) is 11.6 Å². The van der Waals surface area contributed by atoms with Crippen LogP contribution in [0, 0.1) is 0 Å². The molecule has 2 rings (SSSR count). The predicted molar refractivity (Wildman–Crippen MR) is 94.5 cm³/mol. The monoisotopic (exact) mass is 334 g/mol.